The molecule has 0 aliphatic carbocycles. The molecule has 6 heteroatoms. The molecule has 18 heavy (non-hydrogen) atoms. The largest absolute Gasteiger partial charge is 0.416 e. The Morgan fingerprint density at radius 3 is 2.61 bits per heavy atom. The van der Waals surface area contributed by atoms with E-state index in [1.54, 1.807) is 16.8 Å². The van der Waals surface area contributed by atoms with Gasteiger partial charge in [0, 0.05) is 12.7 Å². The molecule has 2 aromatic rings. The molecule has 0 amide bonds. The zero-order chi connectivity index (χ0) is 13.2. The SMILES string of the molecule is FC(F)(F)c1ccccc1Cn1cncc1CCl. The van der Waals surface area contributed by atoms with Crippen molar-refractivity contribution in [1.82, 2.24) is 9.55 Å². The van der Waals surface area contributed by atoms with E-state index >= 15 is 0 Å². The highest BCUT2D eigenvalue weighted by molar-refractivity contribution is 6.16. The molecule has 0 N–H and O–H groups in total. The van der Waals surface area contributed by atoms with E-state index in [1.807, 2.05) is 0 Å². The molecule has 1 heterocycles. The first-order valence-corrected chi connectivity index (χ1v) is 5.76. The third kappa shape index (κ3) is 2.67. The molecule has 0 aliphatic heterocycles. The lowest BCUT2D eigenvalue weighted by atomic mass is 10.1. The highest BCUT2D eigenvalue weighted by Crippen LogP contribution is 2.32. The van der Waals surface area contributed by atoms with Gasteiger partial charge in [-0.2, -0.15) is 13.2 Å². The summed E-state index contributed by atoms with van der Waals surface area (Å²) in [5.41, 5.74) is 0.266. The third-order valence-corrected chi connectivity index (χ3v) is 2.87. The maximum Gasteiger partial charge on any atom is 0.416 e. The highest BCUT2D eigenvalue weighted by atomic mass is 35.5. The number of benzene rings is 1. The Hall–Kier alpha value is -1.49. The van der Waals surface area contributed by atoms with Crippen LogP contribution >= 0.6 is 11.6 Å². The van der Waals surface area contributed by atoms with Gasteiger partial charge in [-0.15, -0.1) is 11.6 Å². The second-order valence-corrected chi connectivity index (χ2v) is 4.07. The molecular weight excluding hydrogens is 265 g/mol. The molecule has 0 bridgehead atoms. The van der Waals surface area contributed by atoms with E-state index in [0.29, 0.717) is 5.69 Å². The van der Waals surface area contributed by atoms with Crippen molar-refractivity contribution in [1.29, 1.82) is 0 Å². The zero-order valence-corrected chi connectivity index (χ0v) is 10.0. The Labute approximate surface area is 107 Å². The van der Waals surface area contributed by atoms with Gasteiger partial charge < -0.3 is 4.57 Å². The normalized spacial score (nSPS) is 11.8. The van der Waals surface area contributed by atoms with E-state index in [0.717, 1.165) is 6.07 Å². The van der Waals surface area contributed by atoms with E-state index < -0.39 is 11.7 Å². The molecule has 0 saturated carbocycles. The molecule has 1 aromatic heterocycles. The van der Waals surface area contributed by atoms with Crippen molar-refractivity contribution in [2.75, 3.05) is 0 Å². The van der Waals surface area contributed by atoms with Gasteiger partial charge in [-0.25, -0.2) is 4.98 Å². The van der Waals surface area contributed by atoms with Crippen molar-refractivity contribution < 1.29 is 13.2 Å². The quantitative estimate of drug-likeness (QED) is 0.781. The number of hydrogen-bond acceptors (Lipinski definition) is 1. The number of alkyl halides is 4. The molecule has 0 radical (unpaired) electrons. The summed E-state index contributed by atoms with van der Waals surface area (Å²) in [6.45, 7) is 0.109. The van der Waals surface area contributed by atoms with E-state index in [9.17, 15) is 13.2 Å². The summed E-state index contributed by atoms with van der Waals surface area (Å²) in [4.78, 5) is 3.88. The smallest absolute Gasteiger partial charge is 0.329 e. The summed E-state index contributed by atoms with van der Waals surface area (Å²) in [5.74, 6) is 0.216. The van der Waals surface area contributed by atoms with Crippen molar-refractivity contribution in [3.8, 4) is 0 Å². The zero-order valence-electron chi connectivity index (χ0n) is 9.28. The van der Waals surface area contributed by atoms with Gasteiger partial charge in [0.05, 0.1) is 23.5 Å². The number of nitrogens with zero attached hydrogens (tertiary/aromatic N) is 2. The van der Waals surface area contributed by atoms with Crippen molar-refractivity contribution in [3.05, 3.63) is 53.6 Å². The molecule has 0 atom stereocenters. The second-order valence-electron chi connectivity index (χ2n) is 3.80. The molecule has 0 aliphatic rings. The molecule has 96 valence electrons. The maximum absolute atomic E-state index is 12.8. The first-order chi connectivity index (χ1) is 8.52. The fourth-order valence-electron chi connectivity index (χ4n) is 1.72. The average Bonchev–Trinajstić information content (AvgIpc) is 2.75. The molecule has 0 unspecified atom stereocenters. The van der Waals surface area contributed by atoms with Crippen LogP contribution in [0.5, 0.6) is 0 Å². The molecule has 2 rings (SSSR count). The fourth-order valence-corrected chi connectivity index (χ4v) is 1.94. The Morgan fingerprint density at radius 2 is 1.94 bits per heavy atom. The van der Waals surface area contributed by atoms with E-state index in [1.165, 1.54) is 18.5 Å². The lowest BCUT2D eigenvalue weighted by molar-refractivity contribution is -0.138. The monoisotopic (exact) mass is 274 g/mol. The Bertz CT molecular complexity index is 534. The van der Waals surface area contributed by atoms with Gasteiger partial charge >= 0.3 is 6.18 Å². The average molecular weight is 275 g/mol. The van der Waals surface area contributed by atoms with Gasteiger partial charge in [0.1, 0.15) is 0 Å². The third-order valence-electron chi connectivity index (χ3n) is 2.60. The van der Waals surface area contributed by atoms with Crippen LogP contribution in [0.15, 0.2) is 36.8 Å². The van der Waals surface area contributed by atoms with Gasteiger partial charge in [0.25, 0.3) is 0 Å². The number of halogens is 4. The number of imidazole rings is 1. The van der Waals surface area contributed by atoms with Crippen molar-refractivity contribution in [2.45, 2.75) is 18.6 Å². The highest BCUT2D eigenvalue weighted by Gasteiger charge is 2.32. The summed E-state index contributed by atoms with van der Waals surface area (Å²) in [7, 11) is 0. The van der Waals surface area contributed by atoms with Crippen LogP contribution in [-0.2, 0) is 18.6 Å². The summed E-state index contributed by atoms with van der Waals surface area (Å²) < 4.78 is 40.0. The maximum atomic E-state index is 12.8. The van der Waals surface area contributed by atoms with Crippen LogP contribution in [0.4, 0.5) is 13.2 Å². The van der Waals surface area contributed by atoms with Gasteiger partial charge in [-0.3, -0.25) is 0 Å². The number of rotatable bonds is 3. The van der Waals surface area contributed by atoms with Crippen molar-refractivity contribution in [3.63, 3.8) is 0 Å². The Balaban J connectivity index is 2.35. The topological polar surface area (TPSA) is 17.8 Å². The standard InChI is InChI=1S/C12H10ClF3N2/c13-5-10-6-17-8-18(10)7-9-3-1-2-4-11(9)12(14,15)16/h1-4,6,8H,5,7H2. The van der Waals surface area contributed by atoms with Gasteiger partial charge in [-0.05, 0) is 11.6 Å². The minimum absolute atomic E-state index is 0.109. The van der Waals surface area contributed by atoms with Crippen molar-refractivity contribution >= 4 is 11.6 Å². The van der Waals surface area contributed by atoms with Crippen LogP contribution in [0, 0.1) is 0 Å². The first kappa shape index (κ1) is 13.0. The summed E-state index contributed by atoms with van der Waals surface area (Å²) in [6.07, 6.45) is -1.33. The second kappa shape index (κ2) is 5.02. The summed E-state index contributed by atoms with van der Waals surface area (Å²) in [5, 5.41) is 0. The van der Waals surface area contributed by atoms with Gasteiger partial charge in [-0.1, -0.05) is 18.2 Å². The van der Waals surface area contributed by atoms with Crippen LogP contribution in [0.1, 0.15) is 16.8 Å². The first-order valence-electron chi connectivity index (χ1n) is 5.22. The van der Waals surface area contributed by atoms with E-state index in [4.69, 9.17) is 11.6 Å². The lowest BCUT2D eigenvalue weighted by Crippen LogP contribution is -2.12. The molecular formula is C12H10ClF3N2. The molecule has 1 aromatic carbocycles. The van der Waals surface area contributed by atoms with Gasteiger partial charge in [0.15, 0.2) is 0 Å². The van der Waals surface area contributed by atoms with Crippen LogP contribution in [-0.4, -0.2) is 9.55 Å². The van der Waals surface area contributed by atoms with Crippen LogP contribution in [0.25, 0.3) is 0 Å². The summed E-state index contributed by atoms with van der Waals surface area (Å²) in [6, 6.07) is 5.50. The number of aromatic nitrogens is 2. The molecule has 0 spiro atoms. The van der Waals surface area contributed by atoms with E-state index in [2.05, 4.69) is 4.98 Å². The van der Waals surface area contributed by atoms with Gasteiger partial charge in [0.2, 0.25) is 0 Å². The van der Waals surface area contributed by atoms with Crippen molar-refractivity contribution in [2.24, 2.45) is 0 Å². The molecule has 0 fully saturated rings. The van der Waals surface area contributed by atoms with Crippen LogP contribution in [0.2, 0.25) is 0 Å². The minimum atomic E-state index is -4.35. The molecule has 2 nitrogen and oxygen atoms in total. The Morgan fingerprint density at radius 1 is 1.22 bits per heavy atom. The predicted molar refractivity (Wildman–Crippen MR) is 62.3 cm³/mol. The Kier molecular flexibility index (Phi) is 3.61. The predicted octanol–water partition coefficient (Wildman–Crippen LogP) is 3.69. The van der Waals surface area contributed by atoms with Crippen LogP contribution in [0.3, 0.4) is 0 Å². The van der Waals surface area contributed by atoms with Crippen LogP contribution < -0.4 is 0 Å². The fraction of sp³-hybridized carbons (Fsp3) is 0.250. The lowest BCUT2D eigenvalue weighted by Gasteiger charge is -2.13. The van der Waals surface area contributed by atoms with E-state index in [-0.39, 0.29) is 18.0 Å². The number of hydrogen-bond donors (Lipinski definition) is 0. The molecule has 0 saturated heterocycles. The minimum Gasteiger partial charge on any atom is -0.329 e. The summed E-state index contributed by atoms with van der Waals surface area (Å²) >= 11 is 5.69.